The molecule has 2 aliphatic rings. The van der Waals surface area contributed by atoms with Crippen LogP contribution in [-0.4, -0.2) is 17.3 Å². The molecule has 4 heterocycles. The van der Waals surface area contributed by atoms with Crippen molar-refractivity contribution in [3.05, 3.63) is 22.5 Å². The Balaban J connectivity index is 2.06. The van der Waals surface area contributed by atoms with Crippen LogP contribution < -0.4 is 11.0 Å². The van der Waals surface area contributed by atoms with Crippen molar-refractivity contribution in [2.24, 2.45) is 5.92 Å². The number of hydrogen-bond acceptors (Lipinski definition) is 3. The zero-order valence-corrected chi connectivity index (χ0v) is 15.1. The van der Waals surface area contributed by atoms with Gasteiger partial charge < -0.3 is 0 Å². The van der Waals surface area contributed by atoms with E-state index in [0.29, 0.717) is 5.92 Å². The van der Waals surface area contributed by atoms with E-state index >= 15 is 0 Å². The molecule has 0 saturated carbocycles. The summed E-state index contributed by atoms with van der Waals surface area (Å²) in [5, 5.41) is 1.02. The van der Waals surface area contributed by atoms with E-state index in [0.717, 1.165) is 17.1 Å². The minimum absolute atomic E-state index is 0.636. The number of thiazole rings is 1. The monoisotopic (exact) mass is 321 g/mol. The van der Waals surface area contributed by atoms with E-state index in [4.69, 9.17) is 9.40 Å². The van der Waals surface area contributed by atoms with E-state index in [1.54, 1.807) is 11.3 Å². The van der Waals surface area contributed by atoms with Gasteiger partial charge in [0.05, 0.1) is 0 Å². The molecule has 0 radical (unpaired) electrons. The number of rotatable bonds is 6. The van der Waals surface area contributed by atoms with Gasteiger partial charge in [-0.15, -0.1) is 0 Å². The van der Waals surface area contributed by atoms with Crippen molar-refractivity contribution in [1.82, 2.24) is 4.98 Å². The Labute approximate surface area is 131 Å². The molecule has 4 rings (SSSR count). The maximum absolute atomic E-state index is 5.96. The third kappa shape index (κ3) is 2.13. The van der Waals surface area contributed by atoms with Crippen LogP contribution in [-0.2, 0) is 6.42 Å². The van der Waals surface area contributed by atoms with Gasteiger partial charge in [-0.2, -0.15) is 0 Å². The van der Waals surface area contributed by atoms with Crippen LogP contribution in [0.2, 0.25) is 0 Å². The second-order valence-corrected chi connectivity index (χ2v) is 11.9. The van der Waals surface area contributed by atoms with E-state index in [-0.39, 0.29) is 0 Å². The number of hydrogen-bond donors (Lipinski definition) is 0. The molecule has 2 aromatic rings. The van der Waals surface area contributed by atoms with Crippen LogP contribution in [0, 0.1) is 5.92 Å². The van der Waals surface area contributed by atoms with Crippen LogP contribution in [0.5, 0.6) is 0 Å². The van der Waals surface area contributed by atoms with Gasteiger partial charge in [-0.1, -0.05) is 0 Å². The Bertz CT molecular complexity index is 679. The summed E-state index contributed by atoms with van der Waals surface area (Å²) >= 11 is 1.78. The zero-order valence-electron chi connectivity index (χ0n) is 13.3. The number of aromatic nitrogens is 1. The van der Waals surface area contributed by atoms with E-state index in [9.17, 15) is 0 Å². The molecule has 21 heavy (non-hydrogen) atoms. The second kappa shape index (κ2) is 5.37. The first-order valence-electron chi connectivity index (χ1n) is 7.83. The molecule has 114 valence electrons. The molecule has 4 heteroatoms. The Kier molecular flexibility index (Phi) is 3.83. The van der Waals surface area contributed by atoms with E-state index < -0.39 is 7.26 Å². The predicted octanol–water partition coefficient (Wildman–Crippen LogP) is 4.30. The van der Waals surface area contributed by atoms with Crippen molar-refractivity contribution in [3.63, 3.8) is 0 Å². The molecule has 0 spiro atoms. The Hall–Kier alpha value is -0.920. The molecule has 0 fully saturated rings. The summed E-state index contributed by atoms with van der Waals surface area (Å²) in [6.45, 7) is 13.0. The second-order valence-electron chi connectivity index (χ2n) is 6.27. The Morgan fingerprint density at radius 3 is 2.62 bits per heavy atom. The van der Waals surface area contributed by atoms with Crippen molar-refractivity contribution in [2.75, 3.05) is 12.3 Å². The predicted molar refractivity (Wildman–Crippen MR) is 97.1 cm³/mol. The van der Waals surface area contributed by atoms with Crippen LogP contribution in [0.4, 0.5) is 0 Å². The van der Waals surface area contributed by atoms with E-state index in [1.165, 1.54) is 33.8 Å². The number of fused-ring (bicyclic) bond motifs is 1. The summed E-state index contributed by atoms with van der Waals surface area (Å²) in [6.07, 6.45) is 5.42. The third-order valence-electron chi connectivity index (χ3n) is 4.58. The Morgan fingerprint density at radius 2 is 2.10 bits per heavy atom. The molecule has 0 unspecified atom stereocenters. The molecule has 0 aliphatic carbocycles. The first-order chi connectivity index (χ1) is 10.1. The van der Waals surface area contributed by atoms with Gasteiger partial charge in [-0.3, -0.25) is 0 Å². The standard InChI is InChI=1S/C17H24NOPS/c1-6-14-18-16(13(21-14)9-11(4)5)12-10-15-19-17(12)20(15,7-2)8-3/h6,10-11,20H,1,7-9H2,2-5H3. The molecule has 0 aromatic carbocycles. The zero-order chi connectivity index (χ0) is 15.2. The molecule has 2 nitrogen and oxygen atoms in total. The number of nitrogens with zero attached hydrogens (tertiary/aromatic N) is 1. The van der Waals surface area contributed by atoms with Gasteiger partial charge in [0.2, 0.25) is 0 Å². The summed E-state index contributed by atoms with van der Waals surface area (Å²) in [5.41, 5.74) is 5.00. The molecular formula is C17H24NOPS. The van der Waals surface area contributed by atoms with E-state index in [2.05, 4.69) is 40.3 Å². The van der Waals surface area contributed by atoms with Crippen molar-refractivity contribution in [3.8, 4) is 11.3 Å². The Morgan fingerprint density at radius 1 is 1.38 bits per heavy atom. The molecule has 0 amide bonds. The van der Waals surface area contributed by atoms with Crippen LogP contribution in [0.25, 0.3) is 17.3 Å². The van der Waals surface area contributed by atoms with Gasteiger partial charge in [-0.25, -0.2) is 0 Å². The van der Waals surface area contributed by atoms with Crippen molar-refractivity contribution < 1.29 is 4.42 Å². The van der Waals surface area contributed by atoms with Gasteiger partial charge in [0, 0.05) is 0 Å². The van der Waals surface area contributed by atoms with Crippen molar-refractivity contribution in [1.29, 1.82) is 0 Å². The van der Waals surface area contributed by atoms with Gasteiger partial charge in [0.1, 0.15) is 0 Å². The fourth-order valence-corrected chi connectivity index (χ4v) is 8.11. The van der Waals surface area contributed by atoms with Gasteiger partial charge in [-0.05, 0) is 0 Å². The summed E-state index contributed by atoms with van der Waals surface area (Å²) in [5.74, 6) is 0.636. The average Bonchev–Trinajstić information content (AvgIpc) is 3.10. The van der Waals surface area contributed by atoms with Crippen molar-refractivity contribution >= 4 is 35.7 Å². The van der Waals surface area contributed by atoms with Gasteiger partial charge in [0.25, 0.3) is 0 Å². The maximum atomic E-state index is 5.96. The normalized spacial score (nSPS) is 16.8. The summed E-state index contributed by atoms with van der Waals surface area (Å²) in [7, 11) is -1.44. The van der Waals surface area contributed by atoms with E-state index in [1.807, 2.05) is 6.08 Å². The summed E-state index contributed by atoms with van der Waals surface area (Å²) < 4.78 is 5.96. The molecule has 0 N–H and O–H groups in total. The van der Waals surface area contributed by atoms with Crippen LogP contribution >= 0.6 is 18.6 Å². The molecule has 0 atom stereocenters. The van der Waals surface area contributed by atoms with Gasteiger partial charge >= 0.3 is 131 Å². The average molecular weight is 321 g/mol. The topological polar surface area (TPSA) is 26.0 Å². The molecule has 2 aromatic heterocycles. The van der Waals surface area contributed by atoms with Crippen LogP contribution in [0.15, 0.2) is 17.1 Å². The summed E-state index contributed by atoms with van der Waals surface area (Å²) in [6, 6.07) is 2.28. The fraction of sp³-hybridized carbons (Fsp3) is 0.471. The SMILES string of the molecule is C=Cc1nc(-c2cc3oc2[PH]3(CC)CC)c(CC(C)C)s1. The number of furan rings is 1. The van der Waals surface area contributed by atoms with Crippen LogP contribution in [0.3, 0.4) is 0 Å². The molecule has 0 saturated heterocycles. The van der Waals surface area contributed by atoms with Gasteiger partial charge in [0.15, 0.2) is 0 Å². The molecule has 2 aliphatic heterocycles. The fourth-order valence-electron chi connectivity index (χ4n) is 3.32. The first kappa shape index (κ1) is 15.0. The minimum atomic E-state index is -1.44. The first-order valence-corrected chi connectivity index (χ1v) is 11.1. The molecular weight excluding hydrogens is 297 g/mol. The summed E-state index contributed by atoms with van der Waals surface area (Å²) in [4.78, 5) is 6.20. The quantitative estimate of drug-likeness (QED) is 0.742. The third-order valence-corrected chi connectivity index (χ3v) is 10.5. The molecule has 2 bridgehead atoms. The van der Waals surface area contributed by atoms with Crippen molar-refractivity contribution in [2.45, 2.75) is 34.1 Å². The van der Waals surface area contributed by atoms with Crippen LogP contribution in [0.1, 0.15) is 37.6 Å².